The minimum atomic E-state index is -0.709. The molecular weight excluding hydrogens is 237 g/mol. The van der Waals surface area contributed by atoms with Crippen LogP contribution in [-0.4, -0.2) is 30.8 Å². The summed E-state index contributed by atoms with van der Waals surface area (Å²) in [6, 6.07) is 3.51. The van der Waals surface area contributed by atoms with E-state index in [0.717, 1.165) is 18.9 Å². The van der Waals surface area contributed by atoms with Crippen LogP contribution in [-0.2, 0) is 4.74 Å². The minimum absolute atomic E-state index is 0.0418. The lowest BCUT2D eigenvalue weighted by atomic mass is 10.0. The first-order valence-electron chi connectivity index (χ1n) is 6.01. The molecule has 0 saturated carbocycles. The second kappa shape index (κ2) is 5.82. The van der Waals surface area contributed by atoms with Crippen molar-refractivity contribution in [2.24, 2.45) is 5.92 Å². The topological polar surface area (TPSA) is 58.6 Å². The minimum Gasteiger partial charge on any atom is -0.508 e. The van der Waals surface area contributed by atoms with Gasteiger partial charge in [0.25, 0.3) is 5.91 Å². The van der Waals surface area contributed by atoms with Gasteiger partial charge in [0.15, 0.2) is 0 Å². The van der Waals surface area contributed by atoms with E-state index < -0.39 is 11.7 Å². The van der Waals surface area contributed by atoms with Crippen molar-refractivity contribution >= 4 is 5.91 Å². The van der Waals surface area contributed by atoms with Crippen molar-refractivity contribution < 1.29 is 19.0 Å². The number of amides is 1. The summed E-state index contributed by atoms with van der Waals surface area (Å²) in [6.07, 6.45) is 1.83. The Morgan fingerprint density at radius 2 is 2.17 bits per heavy atom. The van der Waals surface area contributed by atoms with Gasteiger partial charge in [0.1, 0.15) is 11.6 Å². The second-order valence-electron chi connectivity index (χ2n) is 4.43. The monoisotopic (exact) mass is 253 g/mol. The molecule has 0 atom stereocenters. The van der Waals surface area contributed by atoms with Crippen LogP contribution in [0.1, 0.15) is 23.2 Å². The first kappa shape index (κ1) is 12.8. The summed E-state index contributed by atoms with van der Waals surface area (Å²) < 4.78 is 18.6. The van der Waals surface area contributed by atoms with Gasteiger partial charge in [-0.1, -0.05) is 0 Å². The molecule has 0 bridgehead atoms. The standard InChI is InChI=1S/C13H16FNO3/c14-12-7-10(16)1-2-11(12)13(17)15-8-9-3-5-18-6-4-9/h1-2,7,9,16H,3-6,8H2,(H,15,17). The maximum Gasteiger partial charge on any atom is 0.254 e. The highest BCUT2D eigenvalue weighted by Crippen LogP contribution is 2.16. The number of carbonyl (C=O) groups is 1. The van der Waals surface area contributed by atoms with Gasteiger partial charge < -0.3 is 15.2 Å². The molecule has 0 spiro atoms. The zero-order valence-corrected chi connectivity index (χ0v) is 9.99. The third-order valence-electron chi connectivity index (χ3n) is 3.09. The zero-order valence-electron chi connectivity index (χ0n) is 9.99. The van der Waals surface area contributed by atoms with Gasteiger partial charge in [-0.05, 0) is 30.9 Å². The van der Waals surface area contributed by atoms with E-state index in [0.29, 0.717) is 25.7 Å². The van der Waals surface area contributed by atoms with Gasteiger partial charge in [-0.25, -0.2) is 4.39 Å². The molecule has 0 aromatic heterocycles. The summed E-state index contributed by atoms with van der Waals surface area (Å²) in [4.78, 5) is 11.8. The molecule has 1 fully saturated rings. The quantitative estimate of drug-likeness (QED) is 0.861. The molecule has 1 saturated heterocycles. The molecule has 1 amide bonds. The summed E-state index contributed by atoms with van der Waals surface area (Å²) in [5.74, 6) is -0.949. The molecule has 2 N–H and O–H groups in total. The average Bonchev–Trinajstić information content (AvgIpc) is 2.37. The number of phenolic OH excluding ortho intramolecular Hbond substituents is 1. The number of carbonyl (C=O) groups excluding carboxylic acids is 1. The molecule has 1 aromatic carbocycles. The molecular formula is C13H16FNO3. The summed E-state index contributed by atoms with van der Waals surface area (Å²) in [7, 11) is 0. The first-order valence-corrected chi connectivity index (χ1v) is 6.01. The van der Waals surface area contributed by atoms with Gasteiger partial charge in [-0.2, -0.15) is 0 Å². The van der Waals surface area contributed by atoms with Crippen LogP contribution < -0.4 is 5.32 Å². The number of halogens is 1. The van der Waals surface area contributed by atoms with Crippen LogP contribution in [0.15, 0.2) is 18.2 Å². The fraction of sp³-hybridized carbons (Fsp3) is 0.462. The summed E-state index contributed by atoms with van der Waals surface area (Å²) in [6.45, 7) is 1.96. The Morgan fingerprint density at radius 1 is 1.44 bits per heavy atom. The van der Waals surface area contributed by atoms with Gasteiger partial charge >= 0.3 is 0 Å². The largest absolute Gasteiger partial charge is 0.508 e. The van der Waals surface area contributed by atoms with Crippen LogP contribution in [0.2, 0.25) is 0 Å². The van der Waals surface area contributed by atoms with Crippen molar-refractivity contribution in [1.82, 2.24) is 5.32 Å². The van der Waals surface area contributed by atoms with Crippen molar-refractivity contribution in [3.63, 3.8) is 0 Å². The van der Waals surface area contributed by atoms with Gasteiger partial charge in [0.05, 0.1) is 5.56 Å². The summed E-state index contributed by atoms with van der Waals surface area (Å²) >= 11 is 0. The van der Waals surface area contributed by atoms with Gasteiger partial charge in [-0.15, -0.1) is 0 Å². The number of aromatic hydroxyl groups is 1. The number of rotatable bonds is 3. The summed E-state index contributed by atoms with van der Waals surface area (Å²) in [5, 5.41) is 11.8. The molecule has 2 rings (SSSR count). The number of phenols is 1. The fourth-order valence-electron chi connectivity index (χ4n) is 1.97. The zero-order chi connectivity index (χ0) is 13.0. The van der Waals surface area contributed by atoms with E-state index in [1.165, 1.54) is 12.1 Å². The molecule has 1 heterocycles. The van der Waals surface area contributed by atoms with Crippen LogP contribution in [0, 0.1) is 11.7 Å². The maximum atomic E-state index is 13.4. The maximum absolute atomic E-state index is 13.4. The van der Waals surface area contributed by atoms with E-state index in [1.807, 2.05) is 0 Å². The lowest BCUT2D eigenvalue weighted by Crippen LogP contribution is -2.32. The first-order chi connectivity index (χ1) is 8.66. The second-order valence-corrected chi connectivity index (χ2v) is 4.43. The molecule has 0 radical (unpaired) electrons. The van der Waals surface area contributed by atoms with Crippen molar-refractivity contribution in [2.75, 3.05) is 19.8 Å². The van der Waals surface area contributed by atoms with E-state index >= 15 is 0 Å². The van der Waals surface area contributed by atoms with Crippen LogP contribution in [0.3, 0.4) is 0 Å². The Kier molecular flexibility index (Phi) is 4.15. The van der Waals surface area contributed by atoms with E-state index in [4.69, 9.17) is 9.84 Å². The Balaban J connectivity index is 1.90. The molecule has 1 aliphatic heterocycles. The van der Waals surface area contributed by atoms with E-state index in [-0.39, 0.29) is 11.3 Å². The van der Waals surface area contributed by atoms with Crippen LogP contribution >= 0.6 is 0 Å². The Bertz CT molecular complexity index is 430. The number of ether oxygens (including phenoxy) is 1. The SMILES string of the molecule is O=C(NCC1CCOCC1)c1ccc(O)cc1F. The van der Waals surface area contributed by atoms with E-state index in [9.17, 15) is 9.18 Å². The van der Waals surface area contributed by atoms with E-state index in [1.54, 1.807) is 0 Å². The van der Waals surface area contributed by atoms with Crippen LogP contribution in [0.25, 0.3) is 0 Å². The smallest absolute Gasteiger partial charge is 0.254 e. The number of hydrogen-bond acceptors (Lipinski definition) is 3. The predicted octanol–water partition coefficient (Wildman–Crippen LogP) is 1.69. The van der Waals surface area contributed by atoms with E-state index in [2.05, 4.69) is 5.32 Å². The molecule has 5 heteroatoms. The van der Waals surface area contributed by atoms with Gasteiger partial charge in [-0.3, -0.25) is 4.79 Å². The third kappa shape index (κ3) is 3.20. The van der Waals surface area contributed by atoms with Crippen LogP contribution in [0.5, 0.6) is 5.75 Å². The highest BCUT2D eigenvalue weighted by molar-refractivity contribution is 5.94. The predicted molar refractivity (Wildman–Crippen MR) is 63.9 cm³/mol. The number of hydrogen-bond donors (Lipinski definition) is 2. The molecule has 1 aromatic rings. The van der Waals surface area contributed by atoms with Crippen molar-refractivity contribution in [3.05, 3.63) is 29.6 Å². The molecule has 0 unspecified atom stereocenters. The van der Waals surface area contributed by atoms with Crippen LogP contribution in [0.4, 0.5) is 4.39 Å². The van der Waals surface area contributed by atoms with Gasteiger partial charge in [0, 0.05) is 25.8 Å². The lowest BCUT2D eigenvalue weighted by molar-refractivity contribution is 0.0642. The highest BCUT2D eigenvalue weighted by atomic mass is 19.1. The molecule has 4 nitrogen and oxygen atoms in total. The fourth-order valence-corrected chi connectivity index (χ4v) is 1.97. The molecule has 0 aliphatic carbocycles. The van der Waals surface area contributed by atoms with Gasteiger partial charge in [0.2, 0.25) is 0 Å². The normalized spacial score (nSPS) is 16.5. The van der Waals surface area contributed by atoms with Crippen molar-refractivity contribution in [1.29, 1.82) is 0 Å². The highest BCUT2D eigenvalue weighted by Gasteiger charge is 2.17. The average molecular weight is 253 g/mol. The third-order valence-corrected chi connectivity index (χ3v) is 3.09. The molecule has 98 valence electrons. The Hall–Kier alpha value is -1.62. The number of benzene rings is 1. The van der Waals surface area contributed by atoms with Crippen molar-refractivity contribution in [3.8, 4) is 5.75 Å². The lowest BCUT2D eigenvalue weighted by Gasteiger charge is -2.22. The molecule has 1 aliphatic rings. The Morgan fingerprint density at radius 3 is 2.83 bits per heavy atom. The Labute approximate surface area is 105 Å². The van der Waals surface area contributed by atoms with Crippen molar-refractivity contribution in [2.45, 2.75) is 12.8 Å². The molecule has 18 heavy (non-hydrogen) atoms. The summed E-state index contributed by atoms with van der Waals surface area (Å²) in [5.41, 5.74) is -0.0418. The number of nitrogens with one attached hydrogen (secondary N) is 1.